The van der Waals surface area contributed by atoms with Crippen molar-refractivity contribution in [1.29, 1.82) is 0 Å². The summed E-state index contributed by atoms with van der Waals surface area (Å²) in [6.07, 6.45) is 5.50. The third-order valence-corrected chi connectivity index (χ3v) is 5.57. The molecular weight excluding hydrogens is 392 g/mol. The van der Waals surface area contributed by atoms with E-state index in [1.54, 1.807) is 6.20 Å². The number of hydrogen-bond acceptors (Lipinski definition) is 5. The fraction of sp³-hybridized carbons (Fsp3) is 0.261. The SMILES string of the molecule is O=C(NCCN1CCOCC1)c1cccc(-n2ncc3ccc(-c4cn[nH]c4)cc32)c1. The van der Waals surface area contributed by atoms with Crippen LogP contribution >= 0.6 is 0 Å². The van der Waals surface area contributed by atoms with Crippen LogP contribution in [0.15, 0.2) is 61.1 Å². The first-order chi connectivity index (χ1) is 15.3. The zero-order valence-corrected chi connectivity index (χ0v) is 17.1. The number of rotatable bonds is 6. The van der Waals surface area contributed by atoms with Gasteiger partial charge in [-0.2, -0.15) is 10.2 Å². The molecule has 8 heteroatoms. The number of ether oxygens (including phenoxy) is 1. The van der Waals surface area contributed by atoms with Crippen molar-refractivity contribution in [2.45, 2.75) is 0 Å². The van der Waals surface area contributed by atoms with E-state index in [-0.39, 0.29) is 5.91 Å². The number of carbonyl (C=O) groups is 1. The Bertz CT molecular complexity index is 1180. The van der Waals surface area contributed by atoms with Crippen LogP contribution in [0.2, 0.25) is 0 Å². The minimum absolute atomic E-state index is 0.0781. The summed E-state index contributed by atoms with van der Waals surface area (Å²) < 4.78 is 7.23. The van der Waals surface area contributed by atoms with Crippen LogP contribution in [-0.2, 0) is 4.74 Å². The molecule has 2 aromatic heterocycles. The third-order valence-electron chi connectivity index (χ3n) is 5.57. The van der Waals surface area contributed by atoms with Crippen LogP contribution in [0.3, 0.4) is 0 Å². The van der Waals surface area contributed by atoms with Gasteiger partial charge in [-0.05, 0) is 29.8 Å². The van der Waals surface area contributed by atoms with Crippen LogP contribution < -0.4 is 5.32 Å². The van der Waals surface area contributed by atoms with E-state index in [0.29, 0.717) is 12.1 Å². The molecule has 0 saturated carbocycles. The first-order valence-corrected chi connectivity index (χ1v) is 10.4. The number of aromatic amines is 1. The summed E-state index contributed by atoms with van der Waals surface area (Å²) in [4.78, 5) is 15.0. The topological polar surface area (TPSA) is 88.1 Å². The molecule has 0 bridgehead atoms. The van der Waals surface area contributed by atoms with Crippen molar-refractivity contribution in [3.05, 3.63) is 66.6 Å². The molecule has 158 valence electrons. The predicted octanol–water partition coefficient (Wildman–Crippen LogP) is 2.48. The van der Waals surface area contributed by atoms with Crippen LogP contribution in [0, 0.1) is 0 Å². The number of benzene rings is 2. The quantitative estimate of drug-likeness (QED) is 0.504. The predicted molar refractivity (Wildman–Crippen MR) is 118 cm³/mol. The zero-order valence-electron chi connectivity index (χ0n) is 17.1. The Kier molecular flexibility index (Phi) is 5.47. The molecule has 1 fully saturated rings. The Balaban J connectivity index is 1.34. The second-order valence-electron chi connectivity index (χ2n) is 7.58. The van der Waals surface area contributed by atoms with E-state index < -0.39 is 0 Å². The number of H-pyrrole nitrogens is 1. The summed E-state index contributed by atoms with van der Waals surface area (Å²) in [6.45, 7) is 4.79. The van der Waals surface area contributed by atoms with Gasteiger partial charge in [-0.3, -0.25) is 14.8 Å². The van der Waals surface area contributed by atoms with Crippen molar-refractivity contribution in [1.82, 2.24) is 30.2 Å². The van der Waals surface area contributed by atoms with Crippen LogP contribution in [0.4, 0.5) is 0 Å². The Morgan fingerprint density at radius 3 is 2.84 bits per heavy atom. The number of fused-ring (bicyclic) bond motifs is 1. The molecule has 0 radical (unpaired) electrons. The third kappa shape index (κ3) is 4.21. The lowest BCUT2D eigenvalue weighted by atomic mass is 10.1. The number of carbonyl (C=O) groups excluding carboxylic acids is 1. The molecule has 8 nitrogen and oxygen atoms in total. The van der Waals surface area contributed by atoms with Gasteiger partial charge in [-0.1, -0.05) is 18.2 Å². The lowest BCUT2D eigenvalue weighted by Crippen LogP contribution is -2.41. The number of amides is 1. The molecule has 1 aliphatic heterocycles. The number of nitrogens with one attached hydrogen (secondary N) is 2. The summed E-state index contributed by atoms with van der Waals surface area (Å²) in [6, 6.07) is 13.7. The highest BCUT2D eigenvalue weighted by Gasteiger charge is 2.13. The van der Waals surface area contributed by atoms with Gasteiger partial charge in [0.15, 0.2) is 0 Å². The average molecular weight is 416 g/mol. The smallest absolute Gasteiger partial charge is 0.251 e. The molecule has 1 aliphatic rings. The van der Waals surface area contributed by atoms with Gasteiger partial charge in [-0.15, -0.1) is 0 Å². The first kappa shape index (κ1) is 19.5. The van der Waals surface area contributed by atoms with Gasteiger partial charge in [0.1, 0.15) is 0 Å². The Morgan fingerprint density at radius 2 is 2.00 bits per heavy atom. The van der Waals surface area contributed by atoms with Crippen LogP contribution in [-0.4, -0.2) is 70.2 Å². The normalized spacial score (nSPS) is 14.7. The van der Waals surface area contributed by atoms with Crippen molar-refractivity contribution in [3.8, 4) is 16.8 Å². The van der Waals surface area contributed by atoms with Crippen LogP contribution in [0.1, 0.15) is 10.4 Å². The number of aromatic nitrogens is 4. The molecule has 0 aliphatic carbocycles. The molecule has 0 unspecified atom stereocenters. The molecular formula is C23H24N6O2. The van der Waals surface area contributed by atoms with E-state index >= 15 is 0 Å². The molecule has 3 heterocycles. The maximum Gasteiger partial charge on any atom is 0.251 e. The minimum Gasteiger partial charge on any atom is -0.379 e. The van der Waals surface area contributed by atoms with Gasteiger partial charge < -0.3 is 10.1 Å². The van der Waals surface area contributed by atoms with E-state index in [2.05, 4.69) is 37.6 Å². The molecule has 31 heavy (non-hydrogen) atoms. The number of hydrogen-bond donors (Lipinski definition) is 2. The molecule has 2 N–H and O–H groups in total. The summed E-state index contributed by atoms with van der Waals surface area (Å²) in [5.41, 5.74) is 4.51. The lowest BCUT2D eigenvalue weighted by Gasteiger charge is -2.26. The summed E-state index contributed by atoms with van der Waals surface area (Å²) in [5.74, 6) is -0.0781. The Hall–Kier alpha value is -3.49. The largest absolute Gasteiger partial charge is 0.379 e. The van der Waals surface area contributed by atoms with Crippen LogP contribution in [0.25, 0.3) is 27.7 Å². The van der Waals surface area contributed by atoms with Crippen molar-refractivity contribution in [3.63, 3.8) is 0 Å². The monoisotopic (exact) mass is 416 g/mol. The second kappa shape index (κ2) is 8.71. The van der Waals surface area contributed by atoms with Crippen molar-refractivity contribution < 1.29 is 9.53 Å². The summed E-state index contributed by atoms with van der Waals surface area (Å²) in [7, 11) is 0. The molecule has 1 amide bonds. The minimum atomic E-state index is -0.0781. The maximum atomic E-state index is 12.7. The van der Waals surface area contributed by atoms with Gasteiger partial charge in [-0.25, -0.2) is 4.68 Å². The van der Waals surface area contributed by atoms with Gasteiger partial charge in [0.05, 0.1) is 36.8 Å². The van der Waals surface area contributed by atoms with Crippen molar-refractivity contribution in [2.75, 3.05) is 39.4 Å². The van der Waals surface area contributed by atoms with E-state index in [1.807, 2.05) is 47.4 Å². The second-order valence-corrected chi connectivity index (χ2v) is 7.58. The van der Waals surface area contributed by atoms with Gasteiger partial charge >= 0.3 is 0 Å². The van der Waals surface area contributed by atoms with Gasteiger partial charge in [0.2, 0.25) is 0 Å². The fourth-order valence-corrected chi connectivity index (χ4v) is 3.85. The molecule has 0 atom stereocenters. The van der Waals surface area contributed by atoms with E-state index in [1.165, 1.54) is 0 Å². The van der Waals surface area contributed by atoms with E-state index in [9.17, 15) is 4.79 Å². The molecule has 4 aromatic rings. The van der Waals surface area contributed by atoms with Gasteiger partial charge in [0.25, 0.3) is 5.91 Å². The standard InChI is InChI=1S/C23H24N6O2/c30-23(24-6-7-28-8-10-31-11-9-28)18-2-1-3-21(12-18)29-22-13-17(20-14-25-26-15-20)4-5-19(22)16-27-29/h1-5,12-16H,6-11H2,(H,24,30)(H,25,26). The molecule has 5 rings (SSSR count). The summed E-state index contributed by atoms with van der Waals surface area (Å²) >= 11 is 0. The average Bonchev–Trinajstić information content (AvgIpc) is 3.50. The highest BCUT2D eigenvalue weighted by Crippen LogP contribution is 2.25. The highest BCUT2D eigenvalue weighted by molar-refractivity contribution is 5.95. The maximum absolute atomic E-state index is 12.7. The highest BCUT2D eigenvalue weighted by atomic mass is 16.5. The molecule has 0 spiro atoms. The van der Waals surface area contributed by atoms with E-state index in [4.69, 9.17) is 4.74 Å². The van der Waals surface area contributed by atoms with Crippen LogP contribution in [0.5, 0.6) is 0 Å². The zero-order chi connectivity index (χ0) is 21.0. The first-order valence-electron chi connectivity index (χ1n) is 10.4. The van der Waals surface area contributed by atoms with Crippen molar-refractivity contribution >= 4 is 16.8 Å². The summed E-state index contributed by atoms with van der Waals surface area (Å²) in [5, 5.41) is 15.5. The number of nitrogens with zero attached hydrogens (tertiary/aromatic N) is 4. The fourth-order valence-electron chi connectivity index (χ4n) is 3.85. The molecule has 1 saturated heterocycles. The van der Waals surface area contributed by atoms with E-state index in [0.717, 1.165) is 60.6 Å². The lowest BCUT2D eigenvalue weighted by molar-refractivity contribution is 0.0383. The Labute approximate surface area is 179 Å². The Morgan fingerprint density at radius 1 is 1.10 bits per heavy atom. The molecule has 2 aromatic carbocycles. The van der Waals surface area contributed by atoms with Crippen molar-refractivity contribution in [2.24, 2.45) is 0 Å². The number of morpholine rings is 1. The van der Waals surface area contributed by atoms with Gasteiger partial charge in [0, 0.05) is 48.9 Å².